The molecule has 2 unspecified atom stereocenters. The second-order valence-electron chi connectivity index (χ2n) is 5.30. The molecule has 22 heavy (non-hydrogen) atoms. The number of nitro groups is 1. The van der Waals surface area contributed by atoms with Crippen molar-refractivity contribution in [1.29, 1.82) is 0 Å². The van der Waals surface area contributed by atoms with Gasteiger partial charge in [-0.1, -0.05) is 0 Å². The molecule has 0 spiro atoms. The van der Waals surface area contributed by atoms with Crippen LogP contribution in [0.25, 0.3) is 0 Å². The Hall–Kier alpha value is -2.48. The van der Waals surface area contributed by atoms with E-state index >= 15 is 0 Å². The lowest BCUT2D eigenvalue weighted by molar-refractivity contribution is -0.384. The molecule has 2 atom stereocenters. The van der Waals surface area contributed by atoms with Crippen molar-refractivity contribution in [1.82, 2.24) is 14.8 Å². The van der Waals surface area contributed by atoms with Crippen molar-refractivity contribution in [3.8, 4) is 0 Å². The first-order valence-corrected chi connectivity index (χ1v) is 7.09. The second kappa shape index (κ2) is 6.10. The van der Waals surface area contributed by atoms with Gasteiger partial charge in [0, 0.05) is 43.7 Å². The lowest BCUT2D eigenvalue weighted by Crippen LogP contribution is -2.30. The first-order chi connectivity index (χ1) is 10.6. The molecule has 1 saturated heterocycles. The highest BCUT2D eigenvalue weighted by Crippen LogP contribution is 2.30. The average Bonchev–Trinajstić information content (AvgIpc) is 2.94. The Balaban J connectivity index is 1.72. The fourth-order valence-corrected chi connectivity index (χ4v) is 2.62. The summed E-state index contributed by atoms with van der Waals surface area (Å²) in [5.74, 6) is 0.310. The zero-order chi connectivity index (χ0) is 15.5. The Bertz CT molecular complexity index is 672. The lowest BCUT2D eigenvalue weighted by atomic mass is 9.99. The smallest absolute Gasteiger partial charge is 0.311 e. The number of anilines is 1. The zero-order valence-corrected chi connectivity index (χ0v) is 12.2. The SMILES string of the molecule is Cn1cc(C2CC(Nc3ncccc3[N+](=O)[O-])CCO2)cn1. The third kappa shape index (κ3) is 3.06. The van der Waals surface area contributed by atoms with Gasteiger partial charge in [-0.2, -0.15) is 5.10 Å². The molecule has 0 radical (unpaired) electrons. The molecule has 8 nitrogen and oxygen atoms in total. The van der Waals surface area contributed by atoms with Crippen molar-refractivity contribution in [2.24, 2.45) is 7.05 Å². The molecular formula is C14H17N5O3. The number of hydrogen-bond acceptors (Lipinski definition) is 6. The van der Waals surface area contributed by atoms with Crippen LogP contribution in [0.1, 0.15) is 24.5 Å². The van der Waals surface area contributed by atoms with Gasteiger partial charge in [0.2, 0.25) is 5.82 Å². The number of aromatic nitrogens is 3. The Morgan fingerprint density at radius 2 is 2.41 bits per heavy atom. The van der Waals surface area contributed by atoms with Gasteiger partial charge in [0.1, 0.15) is 0 Å². The molecule has 2 aromatic heterocycles. The minimum absolute atomic E-state index is 0.00748. The van der Waals surface area contributed by atoms with E-state index in [1.165, 1.54) is 6.07 Å². The molecule has 8 heteroatoms. The first kappa shape index (κ1) is 14.5. The van der Waals surface area contributed by atoms with E-state index in [4.69, 9.17) is 4.74 Å². The van der Waals surface area contributed by atoms with E-state index in [9.17, 15) is 10.1 Å². The van der Waals surface area contributed by atoms with Gasteiger partial charge in [0.25, 0.3) is 0 Å². The van der Waals surface area contributed by atoms with Crippen LogP contribution in [0.2, 0.25) is 0 Å². The maximum atomic E-state index is 11.0. The number of aryl methyl sites for hydroxylation is 1. The normalized spacial score (nSPS) is 21.5. The van der Waals surface area contributed by atoms with Gasteiger partial charge in [0.15, 0.2) is 0 Å². The number of hydrogen-bond donors (Lipinski definition) is 1. The predicted octanol–water partition coefficient (Wildman–Crippen LogP) is 2.06. The molecule has 1 N–H and O–H groups in total. The summed E-state index contributed by atoms with van der Waals surface area (Å²) in [6, 6.07) is 3.09. The first-order valence-electron chi connectivity index (χ1n) is 7.09. The van der Waals surface area contributed by atoms with E-state index < -0.39 is 4.92 Å². The van der Waals surface area contributed by atoms with Crippen molar-refractivity contribution < 1.29 is 9.66 Å². The Labute approximate surface area is 127 Å². The number of nitrogens with one attached hydrogen (secondary N) is 1. The lowest BCUT2D eigenvalue weighted by Gasteiger charge is -2.29. The summed E-state index contributed by atoms with van der Waals surface area (Å²) in [5, 5.41) is 18.4. The van der Waals surface area contributed by atoms with E-state index in [-0.39, 0.29) is 17.8 Å². The molecule has 3 rings (SSSR count). The van der Waals surface area contributed by atoms with Crippen molar-refractivity contribution in [2.75, 3.05) is 11.9 Å². The Morgan fingerprint density at radius 3 is 3.14 bits per heavy atom. The van der Waals surface area contributed by atoms with E-state index in [1.807, 2.05) is 13.2 Å². The van der Waals surface area contributed by atoms with Gasteiger partial charge < -0.3 is 10.1 Å². The summed E-state index contributed by atoms with van der Waals surface area (Å²) < 4.78 is 7.51. The van der Waals surface area contributed by atoms with Crippen molar-refractivity contribution >= 4 is 11.5 Å². The third-order valence-electron chi connectivity index (χ3n) is 3.70. The van der Waals surface area contributed by atoms with Crippen LogP contribution in [0.4, 0.5) is 11.5 Å². The average molecular weight is 303 g/mol. The number of rotatable bonds is 4. The second-order valence-corrected chi connectivity index (χ2v) is 5.30. The van der Waals surface area contributed by atoms with Crippen LogP contribution in [-0.4, -0.2) is 32.3 Å². The van der Waals surface area contributed by atoms with Crippen LogP contribution >= 0.6 is 0 Å². The summed E-state index contributed by atoms with van der Waals surface area (Å²) in [4.78, 5) is 14.7. The molecule has 1 fully saturated rings. The number of nitrogens with zero attached hydrogens (tertiary/aromatic N) is 4. The Kier molecular flexibility index (Phi) is 4.01. The monoisotopic (exact) mass is 303 g/mol. The van der Waals surface area contributed by atoms with Gasteiger partial charge in [-0.3, -0.25) is 14.8 Å². The minimum atomic E-state index is -0.423. The summed E-state index contributed by atoms with van der Waals surface area (Å²) >= 11 is 0. The Morgan fingerprint density at radius 1 is 1.55 bits per heavy atom. The molecular weight excluding hydrogens is 286 g/mol. The fourth-order valence-electron chi connectivity index (χ4n) is 2.62. The van der Waals surface area contributed by atoms with Crippen LogP contribution in [0.5, 0.6) is 0 Å². The van der Waals surface area contributed by atoms with Gasteiger partial charge in [0.05, 0.1) is 17.2 Å². The molecule has 3 heterocycles. The topological polar surface area (TPSA) is 95.1 Å². The maximum absolute atomic E-state index is 11.0. The fraction of sp³-hybridized carbons (Fsp3) is 0.429. The van der Waals surface area contributed by atoms with Crippen molar-refractivity contribution in [3.63, 3.8) is 0 Å². The molecule has 116 valence electrons. The molecule has 2 aromatic rings. The quantitative estimate of drug-likeness (QED) is 0.686. The largest absolute Gasteiger partial charge is 0.373 e. The van der Waals surface area contributed by atoms with E-state index in [0.29, 0.717) is 12.4 Å². The highest BCUT2D eigenvalue weighted by molar-refractivity contribution is 5.55. The highest BCUT2D eigenvalue weighted by Gasteiger charge is 2.27. The maximum Gasteiger partial charge on any atom is 0.311 e. The molecule has 0 saturated carbocycles. The number of ether oxygens (including phenoxy) is 1. The van der Waals surface area contributed by atoms with Crippen LogP contribution in [0.3, 0.4) is 0 Å². The van der Waals surface area contributed by atoms with Gasteiger partial charge in [-0.05, 0) is 18.9 Å². The third-order valence-corrected chi connectivity index (χ3v) is 3.70. The number of pyridine rings is 1. The van der Waals surface area contributed by atoms with Gasteiger partial charge in [-0.15, -0.1) is 0 Å². The van der Waals surface area contributed by atoms with E-state index in [1.54, 1.807) is 23.1 Å². The summed E-state index contributed by atoms with van der Waals surface area (Å²) in [6.07, 6.45) is 6.71. The molecule has 0 aromatic carbocycles. The summed E-state index contributed by atoms with van der Waals surface area (Å²) in [5.41, 5.74) is 1.01. The van der Waals surface area contributed by atoms with Crippen LogP contribution in [0.15, 0.2) is 30.7 Å². The van der Waals surface area contributed by atoms with Crippen LogP contribution in [-0.2, 0) is 11.8 Å². The molecule has 0 bridgehead atoms. The van der Waals surface area contributed by atoms with Crippen LogP contribution in [0, 0.1) is 10.1 Å². The van der Waals surface area contributed by atoms with Crippen molar-refractivity contribution in [3.05, 3.63) is 46.4 Å². The van der Waals surface area contributed by atoms with E-state index in [0.717, 1.165) is 18.4 Å². The molecule has 0 aliphatic carbocycles. The summed E-state index contributed by atoms with van der Waals surface area (Å²) in [6.45, 7) is 0.595. The highest BCUT2D eigenvalue weighted by atomic mass is 16.6. The van der Waals surface area contributed by atoms with Gasteiger partial charge >= 0.3 is 5.69 Å². The zero-order valence-electron chi connectivity index (χ0n) is 12.2. The van der Waals surface area contributed by atoms with Gasteiger partial charge in [-0.25, -0.2) is 4.98 Å². The predicted molar refractivity (Wildman–Crippen MR) is 79.4 cm³/mol. The summed E-state index contributed by atoms with van der Waals surface area (Å²) in [7, 11) is 1.86. The molecule has 0 amide bonds. The van der Waals surface area contributed by atoms with Crippen LogP contribution < -0.4 is 5.32 Å². The van der Waals surface area contributed by atoms with E-state index in [2.05, 4.69) is 15.4 Å². The standard InChI is InChI=1S/C14H17N5O3/c1-18-9-10(8-16-18)13-7-11(4-6-22-13)17-14-12(19(20)21)3-2-5-15-14/h2-3,5,8-9,11,13H,4,6-7H2,1H3,(H,15,17). The molecule has 1 aliphatic rings. The molecule has 1 aliphatic heterocycles. The minimum Gasteiger partial charge on any atom is -0.373 e. The van der Waals surface area contributed by atoms with Crippen molar-refractivity contribution in [2.45, 2.75) is 25.0 Å².